The number of carbonyl (C=O) groups excluding carboxylic acids is 1. The number of hydrogen-bond acceptors (Lipinski definition) is 7. The van der Waals surface area contributed by atoms with E-state index in [2.05, 4.69) is 20.1 Å². The average molecular weight is 399 g/mol. The van der Waals surface area contributed by atoms with Gasteiger partial charge in [-0.1, -0.05) is 11.2 Å². The Kier molecular flexibility index (Phi) is 4.55. The zero-order valence-corrected chi connectivity index (χ0v) is 15.8. The van der Waals surface area contributed by atoms with Crippen molar-refractivity contribution in [1.29, 1.82) is 0 Å². The number of nitrogens with zero attached hydrogens (tertiary/aromatic N) is 4. The first kappa shape index (κ1) is 18.1. The Labute approximate surface area is 161 Å². The number of benzene rings is 1. The Hall–Kier alpha value is -3.27. The van der Waals surface area contributed by atoms with Crippen molar-refractivity contribution in [2.24, 2.45) is 0 Å². The zero-order chi connectivity index (χ0) is 19.7. The van der Waals surface area contributed by atoms with Crippen LogP contribution >= 0.6 is 0 Å². The van der Waals surface area contributed by atoms with Crippen LogP contribution in [0.2, 0.25) is 0 Å². The Bertz CT molecular complexity index is 1130. The topological polar surface area (TPSA) is 118 Å². The highest BCUT2D eigenvalue weighted by Gasteiger charge is 2.25. The molecule has 0 fully saturated rings. The van der Waals surface area contributed by atoms with Crippen molar-refractivity contribution in [3.05, 3.63) is 65.2 Å². The molecule has 0 saturated heterocycles. The average Bonchev–Trinajstić information content (AvgIpc) is 3.11. The van der Waals surface area contributed by atoms with Crippen LogP contribution in [0.4, 0.5) is 5.82 Å². The second kappa shape index (κ2) is 7.04. The SMILES string of the molecule is Cc1cc(NS(=O)(=O)c2ccc3c(c2)CN(C(=O)c2cccnn2)CC3)no1. The number of aromatic nitrogens is 3. The number of aryl methyl sites for hydroxylation is 1. The number of fused-ring (bicyclic) bond motifs is 1. The summed E-state index contributed by atoms with van der Waals surface area (Å²) in [6.07, 6.45) is 2.14. The first-order valence-electron chi connectivity index (χ1n) is 8.57. The molecule has 10 heteroatoms. The molecule has 0 atom stereocenters. The van der Waals surface area contributed by atoms with Gasteiger partial charge >= 0.3 is 0 Å². The number of nitrogens with one attached hydrogen (secondary N) is 1. The summed E-state index contributed by atoms with van der Waals surface area (Å²) < 4.78 is 32.6. The van der Waals surface area contributed by atoms with Gasteiger partial charge in [0.25, 0.3) is 15.9 Å². The summed E-state index contributed by atoms with van der Waals surface area (Å²) in [4.78, 5) is 14.3. The molecule has 0 radical (unpaired) electrons. The predicted molar refractivity (Wildman–Crippen MR) is 99.0 cm³/mol. The van der Waals surface area contributed by atoms with Crippen molar-refractivity contribution in [2.75, 3.05) is 11.3 Å². The van der Waals surface area contributed by atoms with Gasteiger partial charge in [0, 0.05) is 25.4 Å². The van der Waals surface area contributed by atoms with Gasteiger partial charge in [-0.2, -0.15) is 5.10 Å². The Morgan fingerprint density at radius 1 is 1.21 bits per heavy atom. The summed E-state index contributed by atoms with van der Waals surface area (Å²) in [5, 5.41) is 11.2. The molecule has 0 spiro atoms. The monoisotopic (exact) mass is 399 g/mol. The number of anilines is 1. The minimum Gasteiger partial charge on any atom is -0.360 e. The molecule has 1 aliphatic rings. The van der Waals surface area contributed by atoms with E-state index in [0.717, 1.165) is 11.1 Å². The van der Waals surface area contributed by atoms with Crippen molar-refractivity contribution in [1.82, 2.24) is 20.3 Å². The van der Waals surface area contributed by atoms with E-state index in [-0.39, 0.29) is 22.3 Å². The molecular weight excluding hydrogens is 382 g/mol. The van der Waals surface area contributed by atoms with E-state index >= 15 is 0 Å². The first-order valence-corrected chi connectivity index (χ1v) is 10.1. The summed E-state index contributed by atoms with van der Waals surface area (Å²) in [6, 6.07) is 9.67. The first-order chi connectivity index (χ1) is 13.4. The van der Waals surface area contributed by atoms with Gasteiger partial charge in [0.1, 0.15) is 5.76 Å². The van der Waals surface area contributed by atoms with Gasteiger partial charge in [0.15, 0.2) is 11.5 Å². The molecule has 144 valence electrons. The molecule has 0 aliphatic carbocycles. The van der Waals surface area contributed by atoms with Crippen LogP contribution in [0.25, 0.3) is 0 Å². The molecule has 9 nitrogen and oxygen atoms in total. The van der Waals surface area contributed by atoms with Crippen LogP contribution in [-0.4, -0.2) is 41.1 Å². The highest BCUT2D eigenvalue weighted by molar-refractivity contribution is 7.92. The van der Waals surface area contributed by atoms with Crippen LogP contribution in [0, 0.1) is 6.92 Å². The molecule has 2 aromatic heterocycles. The van der Waals surface area contributed by atoms with Crippen molar-refractivity contribution < 1.29 is 17.7 Å². The minimum absolute atomic E-state index is 0.0979. The molecule has 0 unspecified atom stereocenters. The van der Waals surface area contributed by atoms with E-state index < -0.39 is 10.0 Å². The highest BCUT2D eigenvalue weighted by atomic mass is 32.2. The number of hydrogen-bond donors (Lipinski definition) is 1. The lowest BCUT2D eigenvalue weighted by Crippen LogP contribution is -2.36. The zero-order valence-electron chi connectivity index (χ0n) is 15.0. The summed E-state index contributed by atoms with van der Waals surface area (Å²) in [5.41, 5.74) is 2.06. The summed E-state index contributed by atoms with van der Waals surface area (Å²) in [7, 11) is -3.82. The van der Waals surface area contributed by atoms with Crippen LogP contribution in [0.15, 0.2) is 52.0 Å². The largest absolute Gasteiger partial charge is 0.360 e. The molecule has 3 aromatic rings. The van der Waals surface area contributed by atoms with Gasteiger partial charge in [-0.15, -0.1) is 5.10 Å². The fraction of sp³-hybridized carbons (Fsp3) is 0.222. The molecule has 3 heterocycles. The van der Waals surface area contributed by atoms with Gasteiger partial charge < -0.3 is 9.42 Å². The van der Waals surface area contributed by atoms with Crippen molar-refractivity contribution >= 4 is 21.7 Å². The van der Waals surface area contributed by atoms with Crippen LogP contribution < -0.4 is 4.72 Å². The molecule has 28 heavy (non-hydrogen) atoms. The lowest BCUT2D eigenvalue weighted by Gasteiger charge is -2.28. The molecule has 4 rings (SSSR count). The van der Waals surface area contributed by atoms with E-state index in [1.165, 1.54) is 12.3 Å². The maximum atomic E-state index is 12.6. The van der Waals surface area contributed by atoms with Crippen LogP contribution in [-0.2, 0) is 23.0 Å². The smallest absolute Gasteiger partial charge is 0.274 e. The fourth-order valence-corrected chi connectivity index (χ4v) is 4.10. The summed E-state index contributed by atoms with van der Waals surface area (Å²) in [5.74, 6) is 0.388. The molecule has 1 amide bonds. The fourth-order valence-electron chi connectivity index (χ4n) is 3.06. The minimum atomic E-state index is -3.82. The molecule has 0 bridgehead atoms. The molecular formula is C18H17N5O4S. The number of rotatable bonds is 4. The van der Waals surface area contributed by atoms with Gasteiger partial charge in [-0.25, -0.2) is 8.42 Å². The third kappa shape index (κ3) is 3.58. The maximum absolute atomic E-state index is 12.6. The van der Waals surface area contributed by atoms with E-state index in [1.54, 1.807) is 42.2 Å². The number of sulfonamides is 1. The van der Waals surface area contributed by atoms with Gasteiger partial charge in [-0.3, -0.25) is 9.52 Å². The standard InChI is InChI=1S/C18H17N5O4S/c1-12-9-17(21-27-12)22-28(25,26)15-5-4-13-6-8-23(11-14(13)10-15)18(24)16-3-2-7-19-20-16/h2-5,7,9-10H,6,8,11H2,1H3,(H,21,22). The van der Waals surface area contributed by atoms with E-state index in [0.29, 0.717) is 25.3 Å². The van der Waals surface area contributed by atoms with Gasteiger partial charge in [0.05, 0.1) is 4.90 Å². The molecule has 1 aliphatic heterocycles. The third-order valence-electron chi connectivity index (χ3n) is 4.45. The second-order valence-electron chi connectivity index (χ2n) is 6.44. The molecule has 1 N–H and O–H groups in total. The Morgan fingerprint density at radius 2 is 2.07 bits per heavy atom. The Morgan fingerprint density at radius 3 is 2.79 bits per heavy atom. The maximum Gasteiger partial charge on any atom is 0.274 e. The summed E-state index contributed by atoms with van der Waals surface area (Å²) >= 11 is 0. The number of carbonyl (C=O) groups is 1. The van der Waals surface area contributed by atoms with Crippen molar-refractivity contribution in [3.8, 4) is 0 Å². The molecule has 1 aromatic carbocycles. The van der Waals surface area contributed by atoms with Crippen LogP contribution in [0.3, 0.4) is 0 Å². The Balaban J connectivity index is 1.57. The number of amides is 1. The molecule has 0 saturated carbocycles. The van der Waals surface area contributed by atoms with E-state index in [1.807, 2.05) is 0 Å². The van der Waals surface area contributed by atoms with E-state index in [9.17, 15) is 13.2 Å². The van der Waals surface area contributed by atoms with E-state index in [4.69, 9.17) is 4.52 Å². The summed E-state index contributed by atoms with van der Waals surface area (Å²) in [6.45, 7) is 2.51. The van der Waals surface area contributed by atoms with Crippen LogP contribution in [0.5, 0.6) is 0 Å². The van der Waals surface area contributed by atoms with Gasteiger partial charge in [-0.05, 0) is 48.7 Å². The normalized spacial score (nSPS) is 13.8. The third-order valence-corrected chi connectivity index (χ3v) is 5.80. The predicted octanol–water partition coefficient (Wildman–Crippen LogP) is 1.77. The second-order valence-corrected chi connectivity index (χ2v) is 8.13. The van der Waals surface area contributed by atoms with Crippen molar-refractivity contribution in [3.63, 3.8) is 0 Å². The quantitative estimate of drug-likeness (QED) is 0.710. The van der Waals surface area contributed by atoms with Crippen molar-refractivity contribution in [2.45, 2.75) is 24.8 Å². The van der Waals surface area contributed by atoms with Gasteiger partial charge in [0.2, 0.25) is 0 Å². The lowest BCUT2D eigenvalue weighted by molar-refractivity contribution is 0.0727. The highest BCUT2D eigenvalue weighted by Crippen LogP contribution is 2.24. The van der Waals surface area contributed by atoms with Crippen LogP contribution in [0.1, 0.15) is 27.4 Å². The lowest BCUT2D eigenvalue weighted by atomic mass is 9.99.